The Hall–Kier alpha value is -2.63. The predicted molar refractivity (Wildman–Crippen MR) is 84.0 cm³/mol. The highest BCUT2D eigenvalue weighted by Crippen LogP contribution is 2.21. The van der Waals surface area contributed by atoms with E-state index in [2.05, 4.69) is 34.1 Å². The number of aromatic nitrogens is 4. The van der Waals surface area contributed by atoms with Crippen molar-refractivity contribution in [3.63, 3.8) is 0 Å². The highest BCUT2D eigenvalue weighted by atomic mass is 15.3. The van der Waals surface area contributed by atoms with Gasteiger partial charge in [-0.25, -0.2) is 0 Å². The van der Waals surface area contributed by atoms with Crippen molar-refractivity contribution in [2.75, 3.05) is 17.7 Å². The SMILES string of the molecule is Cc1ccccc1CN(C)c1nc(N)c2cnn(C)c2n1. The summed E-state index contributed by atoms with van der Waals surface area (Å²) in [6, 6.07) is 8.28. The second-order valence-electron chi connectivity index (χ2n) is 5.20. The maximum absolute atomic E-state index is 6.00. The van der Waals surface area contributed by atoms with Crippen LogP contribution in [-0.4, -0.2) is 26.8 Å². The van der Waals surface area contributed by atoms with Crippen molar-refractivity contribution in [1.29, 1.82) is 0 Å². The van der Waals surface area contributed by atoms with Gasteiger partial charge in [-0.2, -0.15) is 15.1 Å². The van der Waals surface area contributed by atoms with Gasteiger partial charge >= 0.3 is 0 Å². The van der Waals surface area contributed by atoms with Crippen molar-refractivity contribution in [2.24, 2.45) is 7.05 Å². The molecule has 0 saturated carbocycles. The molecule has 6 heteroatoms. The van der Waals surface area contributed by atoms with E-state index in [0.29, 0.717) is 11.8 Å². The first-order valence-electron chi connectivity index (χ1n) is 6.77. The number of nitrogen functional groups attached to an aromatic ring is 1. The first-order valence-corrected chi connectivity index (χ1v) is 6.77. The van der Waals surface area contributed by atoms with Crippen LogP contribution in [0.4, 0.5) is 11.8 Å². The third kappa shape index (κ3) is 2.40. The van der Waals surface area contributed by atoms with Crippen LogP contribution in [0.5, 0.6) is 0 Å². The fourth-order valence-corrected chi connectivity index (χ4v) is 2.32. The van der Waals surface area contributed by atoms with Crippen molar-refractivity contribution in [3.8, 4) is 0 Å². The van der Waals surface area contributed by atoms with Crippen LogP contribution in [0.1, 0.15) is 11.1 Å². The molecular weight excluding hydrogens is 264 g/mol. The van der Waals surface area contributed by atoms with E-state index in [1.807, 2.05) is 31.1 Å². The Morgan fingerprint density at radius 1 is 1.24 bits per heavy atom. The molecule has 0 spiro atoms. The molecule has 108 valence electrons. The fourth-order valence-electron chi connectivity index (χ4n) is 2.32. The molecule has 0 bridgehead atoms. The van der Waals surface area contributed by atoms with Gasteiger partial charge in [0, 0.05) is 20.6 Å². The Morgan fingerprint density at radius 2 is 2.00 bits per heavy atom. The normalized spacial score (nSPS) is 11.0. The predicted octanol–water partition coefficient (Wildman–Crippen LogP) is 1.89. The molecular formula is C15H18N6. The minimum Gasteiger partial charge on any atom is -0.383 e. The monoisotopic (exact) mass is 282 g/mol. The lowest BCUT2D eigenvalue weighted by Gasteiger charge is -2.18. The largest absolute Gasteiger partial charge is 0.383 e. The summed E-state index contributed by atoms with van der Waals surface area (Å²) in [5, 5.41) is 4.95. The van der Waals surface area contributed by atoms with Gasteiger partial charge in [-0.1, -0.05) is 24.3 Å². The summed E-state index contributed by atoms with van der Waals surface area (Å²) in [4.78, 5) is 10.9. The summed E-state index contributed by atoms with van der Waals surface area (Å²) >= 11 is 0. The third-order valence-electron chi connectivity index (χ3n) is 3.62. The summed E-state index contributed by atoms with van der Waals surface area (Å²) in [5.74, 6) is 1.06. The van der Waals surface area contributed by atoms with Crippen molar-refractivity contribution in [2.45, 2.75) is 13.5 Å². The Kier molecular flexibility index (Phi) is 3.21. The molecule has 0 aliphatic rings. The van der Waals surface area contributed by atoms with Gasteiger partial charge in [0.15, 0.2) is 5.65 Å². The fraction of sp³-hybridized carbons (Fsp3) is 0.267. The Morgan fingerprint density at radius 3 is 2.76 bits per heavy atom. The van der Waals surface area contributed by atoms with Gasteiger partial charge in [-0.15, -0.1) is 0 Å². The van der Waals surface area contributed by atoms with Crippen LogP contribution in [0.2, 0.25) is 0 Å². The topological polar surface area (TPSA) is 72.9 Å². The smallest absolute Gasteiger partial charge is 0.229 e. The standard InChI is InChI=1S/C15H18N6/c1-10-6-4-5-7-11(10)9-20(2)15-18-13(16)12-8-17-21(3)14(12)19-15/h4-8H,9H2,1-3H3,(H2,16,18,19). The number of aryl methyl sites for hydroxylation is 2. The summed E-state index contributed by atoms with van der Waals surface area (Å²) in [6.07, 6.45) is 1.69. The van der Waals surface area contributed by atoms with Crippen LogP contribution in [0, 0.1) is 6.92 Å². The molecule has 0 aliphatic heterocycles. The molecule has 0 saturated heterocycles. The summed E-state index contributed by atoms with van der Waals surface area (Å²) in [6.45, 7) is 2.83. The highest BCUT2D eigenvalue weighted by molar-refractivity contribution is 5.86. The van der Waals surface area contributed by atoms with Crippen LogP contribution in [0.15, 0.2) is 30.5 Å². The van der Waals surface area contributed by atoms with Gasteiger partial charge in [-0.05, 0) is 18.1 Å². The zero-order valence-electron chi connectivity index (χ0n) is 12.4. The van der Waals surface area contributed by atoms with Crippen LogP contribution >= 0.6 is 0 Å². The highest BCUT2D eigenvalue weighted by Gasteiger charge is 2.13. The van der Waals surface area contributed by atoms with Crippen molar-refractivity contribution in [1.82, 2.24) is 19.7 Å². The molecule has 0 aliphatic carbocycles. The molecule has 3 aromatic rings. The number of anilines is 2. The minimum atomic E-state index is 0.458. The van der Waals surface area contributed by atoms with E-state index in [4.69, 9.17) is 5.73 Å². The first-order chi connectivity index (χ1) is 10.1. The van der Waals surface area contributed by atoms with Crippen molar-refractivity contribution < 1.29 is 0 Å². The summed E-state index contributed by atoms with van der Waals surface area (Å²) in [7, 11) is 3.81. The third-order valence-corrected chi connectivity index (χ3v) is 3.62. The molecule has 3 rings (SSSR count). The van der Waals surface area contributed by atoms with E-state index in [1.165, 1.54) is 11.1 Å². The lowest BCUT2D eigenvalue weighted by Crippen LogP contribution is -2.20. The average Bonchev–Trinajstić information content (AvgIpc) is 2.83. The van der Waals surface area contributed by atoms with Crippen LogP contribution in [0.25, 0.3) is 11.0 Å². The van der Waals surface area contributed by atoms with E-state index in [0.717, 1.165) is 17.6 Å². The van der Waals surface area contributed by atoms with Crippen molar-refractivity contribution in [3.05, 3.63) is 41.6 Å². The molecule has 2 aromatic heterocycles. The quantitative estimate of drug-likeness (QED) is 0.794. The van der Waals surface area contributed by atoms with E-state index < -0.39 is 0 Å². The van der Waals surface area contributed by atoms with Gasteiger partial charge < -0.3 is 10.6 Å². The van der Waals surface area contributed by atoms with E-state index >= 15 is 0 Å². The Bertz CT molecular complexity index is 792. The molecule has 2 heterocycles. The Labute approximate surface area is 123 Å². The number of benzene rings is 1. The molecule has 0 atom stereocenters. The second-order valence-corrected chi connectivity index (χ2v) is 5.20. The number of fused-ring (bicyclic) bond motifs is 1. The zero-order valence-corrected chi connectivity index (χ0v) is 12.4. The molecule has 0 radical (unpaired) electrons. The number of hydrogen-bond donors (Lipinski definition) is 1. The lowest BCUT2D eigenvalue weighted by atomic mass is 10.1. The van der Waals surface area contributed by atoms with Gasteiger partial charge in [0.25, 0.3) is 0 Å². The number of nitrogens with two attached hydrogens (primary N) is 1. The molecule has 2 N–H and O–H groups in total. The van der Waals surface area contributed by atoms with Gasteiger partial charge in [0.05, 0.1) is 11.6 Å². The first kappa shape index (κ1) is 13.4. The number of rotatable bonds is 3. The number of nitrogens with zero attached hydrogens (tertiary/aromatic N) is 5. The molecule has 6 nitrogen and oxygen atoms in total. The van der Waals surface area contributed by atoms with E-state index in [-0.39, 0.29) is 0 Å². The average molecular weight is 282 g/mol. The maximum Gasteiger partial charge on any atom is 0.229 e. The molecule has 21 heavy (non-hydrogen) atoms. The molecule has 0 fully saturated rings. The van der Waals surface area contributed by atoms with Gasteiger partial charge in [0.1, 0.15) is 5.82 Å². The molecule has 0 amide bonds. The Balaban J connectivity index is 1.96. The lowest BCUT2D eigenvalue weighted by molar-refractivity contribution is 0.780. The van der Waals surface area contributed by atoms with Crippen LogP contribution < -0.4 is 10.6 Å². The zero-order chi connectivity index (χ0) is 15.0. The van der Waals surface area contributed by atoms with Gasteiger partial charge in [0.2, 0.25) is 5.95 Å². The van der Waals surface area contributed by atoms with Crippen LogP contribution in [-0.2, 0) is 13.6 Å². The van der Waals surface area contributed by atoms with Gasteiger partial charge in [-0.3, -0.25) is 4.68 Å². The maximum atomic E-state index is 6.00. The van der Waals surface area contributed by atoms with E-state index in [9.17, 15) is 0 Å². The van der Waals surface area contributed by atoms with Crippen molar-refractivity contribution >= 4 is 22.8 Å². The summed E-state index contributed by atoms with van der Waals surface area (Å²) in [5.41, 5.74) is 9.24. The minimum absolute atomic E-state index is 0.458. The second kappa shape index (κ2) is 5.05. The summed E-state index contributed by atoms with van der Waals surface area (Å²) < 4.78 is 1.71. The van der Waals surface area contributed by atoms with Crippen LogP contribution in [0.3, 0.4) is 0 Å². The number of hydrogen-bond acceptors (Lipinski definition) is 5. The molecule has 1 aromatic carbocycles. The molecule has 0 unspecified atom stereocenters. The van der Waals surface area contributed by atoms with E-state index in [1.54, 1.807) is 10.9 Å².